The van der Waals surface area contributed by atoms with E-state index in [0.717, 1.165) is 15.2 Å². The number of hydrogen-bond acceptors (Lipinski definition) is 1. The summed E-state index contributed by atoms with van der Waals surface area (Å²) in [5.41, 5.74) is 4.78. The highest BCUT2D eigenvalue weighted by molar-refractivity contribution is 9.10. The van der Waals surface area contributed by atoms with Crippen LogP contribution in [0, 0.1) is 0 Å². The van der Waals surface area contributed by atoms with Crippen LogP contribution in [0.4, 0.5) is 0 Å². The highest BCUT2D eigenvalue weighted by atomic mass is 79.9. The molecular weight excluding hydrogens is 388 g/mol. The van der Waals surface area contributed by atoms with Crippen molar-refractivity contribution in [3.8, 4) is 22.3 Å². The highest BCUT2D eigenvalue weighted by Gasteiger charge is 2.12. The Morgan fingerprint density at radius 2 is 1.65 bits per heavy atom. The van der Waals surface area contributed by atoms with Gasteiger partial charge in [-0.2, -0.15) is 0 Å². The summed E-state index contributed by atoms with van der Waals surface area (Å²) in [5.74, 6) is 1.04. The van der Waals surface area contributed by atoms with Gasteiger partial charge >= 0.3 is 0 Å². The smallest absolute Gasteiger partial charge is 0.0412 e. The van der Waals surface area contributed by atoms with Crippen molar-refractivity contribution in [1.29, 1.82) is 0 Å². The van der Waals surface area contributed by atoms with Gasteiger partial charge in [0.25, 0.3) is 0 Å². The second kappa shape index (κ2) is 7.57. The van der Waals surface area contributed by atoms with E-state index < -0.39 is 0 Å². The predicted octanol–water partition coefficient (Wildman–Crippen LogP) is 7.55. The van der Waals surface area contributed by atoms with Crippen LogP contribution in [0.15, 0.2) is 76.1 Å². The molecule has 0 spiro atoms. The minimum Gasteiger partial charge on any atom is -0.126 e. The quantitative estimate of drug-likeness (QED) is 0.405. The first-order valence-electron chi connectivity index (χ1n) is 7.46. The molecule has 0 N–H and O–H groups in total. The maximum Gasteiger partial charge on any atom is 0.0412 e. The van der Waals surface area contributed by atoms with Crippen LogP contribution in [0.25, 0.3) is 22.3 Å². The normalized spacial score (nSPS) is 10.7. The van der Waals surface area contributed by atoms with Crippen LogP contribution in [-0.4, -0.2) is 5.75 Å². The molecule has 3 heteroatoms. The van der Waals surface area contributed by atoms with Crippen LogP contribution < -0.4 is 0 Å². The Morgan fingerprint density at radius 3 is 2.39 bits per heavy atom. The van der Waals surface area contributed by atoms with Crippen molar-refractivity contribution in [2.75, 3.05) is 5.75 Å². The molecular formula is C20H16BrClS. The Kier molecular flexibility index (Phi) is 5.47. The molecule has 0 atom stereocenters. The molecule has 0 aromatic heterocycles. The standard InChI is InChI=1S/C20H16BrClS/c1-2-23-20-11-8-15(21)12-19(20)18-13-16(22)9-10-17(18)14-6-4-3-5-7-14/h3-13H,2H2,1H3. The zero-order valence-electron chi connectivity index (χ0n) is 12.7. The van der Waals surface area contributed by atoms with Crippen molar-refractivity contribution in [3.63, 3.8) is 0 Å². The Bertz CT molecular complexity index is 815. The van der Waals surface area contributed by atoms with Gasteiger partial charge in [-0.25, -0.2) is 0 Å². The summed E-state index contributed by atoms with van der Waals surface area (Å²) < 4.78 is 1.08. The van der Waals surface area contributed by atoms with E-state index in [0.29, 0.717) is 0 Å². The van der Waals surface area contributed by atoms with Gasteiger partial charge < -0.3 is 0 Å². The zero-order chi connectivity index (χ0) is 16.2. The van der Waals surface area contributed by atoms with Gasteiger partial charge in [-0.1, -0.05) is 70.9 Å². The van der Waals surface area contributed by atoms with Crippen LogP contribution in [-0.2, 0) is 0 Å². The van der Waals surface area contributed by atoms with E-state index in [1.807, 2.05) is 23.9 Å². The fourth-order valence-corrected chi connectivity index (χ4v) is 3.94. The van der Waals surface area contributed by atoms with E-state index in [9.17, 15) is 0 Å². The van der Waals surface area contributed by atoms with Crippen molar-refractivity contribution < 1.29 is 0 Å². The monoisotopic (exact) mass is 402 g/mol. The molecule has 0 unspecified atom stereocenters. The number of hydrogen-bond donors (Lipinski definition) is 0. The second-order valence-corrected chi connectivity index (χ2v) is 7.79. The Hall–Kier alpha value is -1.22. The predicted molar refractivity (Wildman–Crippen MR) is 106 cm³/mol. The van der Waals surface area contributed by atoms with Crippen molar-refractivity contribution in [2.24, 2.45) is 0 Å². The lowest BCUT2D eigenvalue weighted by Gasteiger charge is -2.15. The molecule has 0 aliphatic carbocycles. The molecule has 0 bridgehead atoms. The minimum atomic E-state index is 0.757. The first-order chi connectivity index (χ1) is 11.2. The van der Waals surface area contributed by atoms with E-state index >= 15 is 0 Å². The molecule has 0 fully saturated rings. The number of thioether (sulfide) groups is 1. The van der Waals surface area contributed by atoms with Gasteiger partial charge in [-0.05, 0) is 58.3 Å². The van der Waals surface area contributed by atoms with Crippen LogP contribution in [0.1, 0.15) is 6.92 Å². The van der Waals surface area contributed by atoms with Gasteiger partial charge in [0.05, 0.1) is 0 Å². The van der Waals surface area contributed by atoms with E-state index in [1.165, 1.54) is 27.1 Å². The van der Waals surface area contributed by atoms with Crippen LogP contribution >= 0.6 is 39.3 Å². The summed E-state index contributed by atoms with van der Waals surface area (Å²) in [7, 11) is 0. The molecule has 0 saturated heterocycles. The van der Waals surface area contributed by atoms with Crippen molar-refractivity contribution in [3.05, 3.63) is 76.2 Å². The van der Waals surface area contributed by atoms with Gasteiger partial charge in [0, 0.05) is 14.4 Å². The molecule has 3 aromatic rings. The lowest BCUT2D eigenvalue weighted by Crippen LogP contribution is -1.89. The van der Waals surface area contributed by atoms with Gasteiger partial charge in [0.2, 0.25) is 0 Å². The maximum atomic E-state index is 6.30. The molecule has 0 aliphatic rings. The van der Waals surface area contributed by atoms with Crippen molar-refractivity contribution in [2.45, 2.75) is 11.8 Å². The van der Waals surface area contributed by atoms with Gasteiger partial charge in [0.15, 0.2) is 0 Å². The van der Waals surface area contributed by atoms with Gasteiger partial charge in [-0.3, -0.25) is 0 Å². The summed E-state index contributed by atoms with van der Waals surface area (Å²) in [6, 6.07) is 23.0. The van der Waals surface area contributed by atoms with Gasteiger partial charge in [-0.15, -0.1) is 11.8 Å². The minimum absolute atomic E-state index is 0.757. The summed E-state index contributed by atoms with van der Waals surface area (Å²) in [6.07, 6.45) is 0. The fourth-order valence-electron chi connectivity index (χ4n) is 2.60. The van der Waals surface area contributed by atoms with E-state index in [2.05, 4.69) is 77.5 Å². The van der Waals surface area contributed by atoms with Crippen LogP contribution in [0.5, 0.6) is 0 Å². The van der Waals surface area contributed by atoms with Crippen LogP contribution in [0.3, 0.4) is 0 Å². The molecule has 0 radical (unpaired) electrons. The van der Waals surface area contributed by atoms with Crippen molar-refractivity contribution >= 4 is 39.3 Å². The molecule has 0 amide bonds. The summed E-state index contributed by atoms with van der Waals surface area (Å²) in [4.78, 5) is 1.27. The Balaban J connectivity index is 2.24. The molecule has 0 heterocycles. The van der Waals surface area contributed by atoms with Crippen molar-refractivity contribution in [1.82, 2.24) is 0 Å². The zero-order valence-corrected chi connectivity index (χ0v) is 15.9. The largest absolute Gasteiger partial charge is 0.126 e. The number of halogens is 2. The lowest BCUT2D eigenvalue weighted by atomic mass is 9.94. The summed E-state index contributed by atoms with van der Waals surface area (Å²) in [6.45, 7) is 2.17. The Labute approximate surface area is 155 Å². The van der Waals surface area contributed by atoms with Gasteiger partial charge in [0.1, 0.15) is 0 Å². The molecule has 0 aliphatic heterocycles. The Morgan fingerprint density at radius 1 is 0.870 bits per heavy atom. The SMILES string of the molecule is CCSc1ccc(Br)cc1-c1cc(Cl)ccc1-c1ccccc1. The lowest BCUT2D eigenvalue weighted by molar-refractivity contribution is 1.40. The third kappa shape index (κ3) is 3.82. The van der Waals surface area contributed by atoms with E-state index in [4.69, 9.17) is 11.6 Å². The molecule has 0 saturated carbocycles. The molecule has 3 rings (SSSR count). The average molecular weight is 404 g/mol. The topological polar surface area (TPSA) is 0 Å². The average Bonchev–Trinajstić information content (AvgIpc) is 2.57. The molecule has 116 valence electrons. The molecule has 0 nitrogen and oxygen atoms in total. The maximum absolute atomic E-state index is 6.30. The number of rotatable bonds is 4. The number of benzene rings is 3. The second-order valence-electron chi connectivity index (χ2n) is 5.13. The first-order valence-corrected chi connectivity index (χ1v) is 9.62. The van der Waals surface area contributed by atoms with E-state index in [-0.39, 0.29) is 0 Å². The van der Waals surface area contributed by atoms with E-state index in [1.54, 1.807) is 0 Å². The third-order valence-electron chi connectivity index (χ3n) is 3.60. The highest BCUT2D eigenvalue weighted by Crippen LogP contribution is 2.40. The third-order valence-corrected chi connectivity index (χ3v) is 5.28. The fraction of sp³-hybridized carbons (Fsp3) is 0.100. The summed E-state index contributed by atoms with van der Waals surface area (Å²) >= 11 is 11.8. The molecule has 3 aromatic carbocycles. The van der Waals surface area contributed by atoms with Crippen LogP contribution in [0.2, 0.25) is 5.02 Å². The summed E-state index contributed by atoms with van der Waals surface area (Å²) in [5, 5.41) is 0.757. The molecule has 23 heavy (non-hydrogen) atoms. The first kappa shape index (κ1) is 16.6.